The fourth-order valence-electron chi connectivity index (χ4n) is 4.37. The van der Waals surface area contributed by atoms with Crippen LogP contribution in [-0.2, 0) is 4.74 Å². The molecule has 1 saturated heterocycles. The largest absolute Gasteiger partial charge is 0.494 e. The molecule has 170 valence electrons. The van der Waals surface area contributed by atoms with Crippen LogP contribution in [-0.4, -0.2) is 60.5 Å². The van der Waals surface area contributed by atoms with E-state index in [1.54, 1.807) is 11.2 Å². The summed E-state index contributed by atoms with van der Waals surface area (Å²) in [6.07, 6.45) is 3.80. The van der Waals surface area contributed by atoms with Crippen molar-refractivity contribution >= 4 is 16.9 Å². The quantitative estimate of drug-likeness (QED) is 0.438. The molecule has 2 aromatic carbocycles. The van der Waals surface area contributed by atoms with Crippen LogP contribution in [0.5, 0.6) is 5.75 Å². The zero-order chi connectivity index (χ0) is 22.5. The highest BCUT2D eigenvalue weighted by atomic mass is 16.5. The van der Waals surface area contributed by atoms with Crippen LogP contribution >= 0.6 is 0 Å². The first-order chi connectivity index (χ1) is 16.3. The third-order valence-electron chi connectivity index (χ3n) is 6.06. The van der Waals surface area contributed by atoms with Gasteiger partial charge in [0.05, 0.1) is 38.3 Å². The van der Waals surface area contributed by atoms with Gasteiger partial charge in [-0.1, -0.05) is 30.3 Å². The van der Waals surface area contributed by atoms with Crippen molar-refractivity contribution in [1.29, 1.82) is 0 Å². The van der Waals surface area contributed by atoms with Crippen molar-refractivity contribution in [2.45, 2.75) is 6.92 Å². The number of aromatic nitrogens is 3. The molecule has 0 bridgehead atoms. The van der Waals surface area contributed by atoms with E-state index < -0.39 is 0 Å². The van der Waals surface area contributed by atoms with Crippen molar-refractivity contribution in [3.63, 3.8) is 0 Å². The number of hydrogen-bond acceptors (Lipinski definition) is 5. The van der Waals surface area contributed by atoms with Crippen LogP contribution in [0.25, 0.3) is 27.8 Å². The minimum Gasteiger partial charge on any atom is -0.494 e. The van der Waals surface area contributed by atoms with Crippen molar-refractivity contribution in [2.24, 2.45) is 0 Å². The highest BCUT2D eigenvalue weighted by molar-refractivity contribution is 6.02. The molecule has 0 unspecified atom stereocenters. The summed E-state index contributed by atoms with van der Waals surface area (Å²) in [4.78, 5) is 10.9. The summed E-state index contributed by atoms with van der Waals surface area (Å²) in [5.74, 6) is 1.74. The van der Waals surface area contributed by atoms with Gasteiger partial charge in [-0.25, -0.2) is 9.97 Å². The molecule has 5 rings (SSSR count). The second kappa shape index (κ2) is 10.0. The number of hydrogen-bond donors (Lipinski definition) is 2. The topological polar surface area (TPSA) is 65.6 Å². The maximum absolute atomic E-state index is 5.62. The van der Waals surface area contributed by atoms with E-state index in [-0.39, 0.29) is 0 Å². The predicted octanol–water partition coefficient (Wildman–Crippen LogP) is 2.81. The van der Waals surface area contributed by atoms with Crippen LogP contribution in [0.15, 0.2) is 67.1 Å². The van der Waals surface area contributed by atoms with E-state index >= 15 is 0 Å². The first kappa shape index (κ1) is 21.4. The molecule has 0 aliphatic carbocycles. The highest BCUT2D eigenvalue weighted by Gasteiger charge is 2.18. The zero-order valence-electron chi connectivity index (χ0n) is 19.0. The zero-order valence-corrected chi connectivity index (χ0v) is 19.0. The number of anilines is 1. The number of nitrogens with zero attached hydrogens (tertiary/aromatic N) is 3. The van der Waals surface area contributed by atoms with Gasteiger partial charge in [0.25, 0.3) is 0 Å². The fraction of sp³-hybridized carbons (Fsp3) is 0.308. The molecule has 33 heavy (non-hydrogen) atoms. The van der Waals surface area contributed by atoms with Crippen molar-refractivity contribution in [3.05, 3.63) is 67.1 Å². The van der Waals surface area contributed by atoms with E-state index in [2.05, 4.69) is 62.4 Å². The van der Waals surface area contributed by atoms with Gasteiger partial charge in [0.1, 0.15) is 31.0 Å². The van der Waals surface area contributed by atoms with Gasteiger partial charge in [0.15, 0.2) is 5.65 Å². The van der Waals surface area contributed by atoms with Crippen molar-refractivity contribution < 1.29 is 14.4 Å². The molecule has 0 saturated carbocycles. The molecule has 0 atom stereocenters. The standard InChI is InChI=1S/C26H29N5O2/c1-2-33-22-10-8-21(9-11-22)31-18-23(20-6-4-3-5-7-20)24-25(28-19-29-26(24)31)27-12-13-30-14-16-32-17-15-30/h3-11,18-19H,2,12-17H2,1H3,(H,27,28,29)/p+1. The number of ether oxygens (including phenoxy) is 2. The van der Waals surface area contributed by atoms with Crippen LogP contribution in [0.3, 0.4) is 0 Å². The molecule has 7 heteroatoms. The maximum Gasteiger partial charge on any atom is 0.150 e. The normalized spacial score (nSPS) is 14.5. The average Bonchev–Trinajstić information content (AvgIpc) is 3.27. The average molecular weight is 445 g/mol. The number of fused-ring (bicyclic) bond motifs is 1. The number of rotatable bonds is 8. The summed E-state index contributed by atoms with van der Waals surface area (Å²) >= 11 is 0. The second-order valence-electron chi connectivity index (χ2n) is 8.17. The van der Waals surface area contributed by atoms with Crippen LogP contribution in [0.4, 0.5) is 5.82 Å². The first-order valence-corrected chi connectivity index (χ1v) is 11.6. The minimum absolute atomic E-state index is 0.651. The van der Waals surface area contributed by atoms with Crippen LogP contribution in [0.1, 0.15) is 6.92 Å². The van der Waals surface area contributed by atoms with E-state index in [1.165, 1.54) is 0 Å². The molecule has 4 aromatic rings. The van der Waals surface area contributed by atoms with Crippen LogP contribution < -0.4 is 15.0 Å². The Morgan fingerprint density at radius 2 is 1.82 bits per heavy atom. The Hall–Kier alpha value is -3.42. The lowest BCUT2D eigenvalue weighted by Crippen LogP contribution is -3.14. The van der Waals surface area contributed by atoms with Gasteiger partial charge >= 0.3 is 0 Å². The lowest BCUT2D eigenvalue weighted by Gasteiger charge is -2.23. The first-order valence-electron chi connectivity index (χ1n) is 11.6. The monoisotopic (exact) mass is 444 g/mol. The van der Waals surface area contributed by atoms with Gasteiger partial charge in [0, 0.05) is 17.4 Å². The summed E-state index contributed by atoms with van der Waals surface area (Å²) in [6, 6.07) is 18.6. The predicted molar refractivity (Wildman–Crippen MR) is 130 cm³/mol. The Kier molecular flexibility index (Phi) is 6.51. The van der Waals surface area contributed by atoms with Crippen molar-refractivity contribution in [3.8, 4) is 22.6 Å². The van der Waals surface area contributed by atoms with Crippen LogP contribution in [0.2, 0.25) is 0 Å². The van der Waals surface area contributed by atoms with Crippen LogP contribution in [0, 0.1) is 0 Å². The molecule has 2 aromatic heterocycles. The van der Waals surface area contributed by atoms with Crippen molar-refractivity contribution in [1.82, 2.24) is 14.5 Å². The van der Waals surface area contributed by atoms with E-state index in [9.17, 15) is 0 Å². The summed E-state index contributed by atoms with van der Waals surface area (Å²) in [5.41, 5.74) is 4.17. The van der Waals surface area contributed by atoms with Gasteiger partial charge in [-0.05, 0) is 36.8 Å². The third-order valence-corrected chi connectivity index (χ3v) is 6.06. The molecule has 7 nitrogen and oxygen atoms in total. The molecule has 1 fully saturated rings. The van der Waals surface area contributed by atoms with Gasteiger partial charge in [-0.3, -0.25) is 0 Å². The molecule has 0 spiro atoms. The number of quaternary nitrogens is 1. The highest BCUT2D eigenvalue weighted by Crippen LogP contribution is 2.35. The molecule has 1 aliphatic heterocycles. The molecule has 3 heterocycles. The van der Waals surface area contributed by atoms with Gasteiger partial charge < -0.3 is 24.3 Å². The minimum atomic E-state index is 0.651. The molecular weight excluding hydrogens is 414 g/mol. The Morgan fingerprint density at radius 1 is 1.03 bits per heavy atom. The van der Waals surface area contributed by atoms with Gasteiger partial charge in [-0.15, -0.1) is 0 Å². The van der Waals surface area contributed by atoms with Gasteiger partial charge in [-0.2, -0.15) is 0 Å². The van der Waals surface area contributed by atoms with Crippen molar-refractivity contribution in [2.75, 3.05) is 51.3 Å². The SMILES string of the molecule is CCOc1ccc(-n2cc(-c3ccccc3)c3c(NCC[NH+]4CCOCC4)ncnc32)cc1. The molecule has 0 amide bonds. The van der Waals surface area contributed by atoms with E-state index in [4.69, 9.17) is 9.47 Å². The number of morpholine rings is 1. The molecular formula is C26H30N5O2+. The summed E-state index contributed by atoms with van der Waals surface area (Å²) in [7, 11) is 0. The third kappa shape index (κ3) is 4.69. The summed E-state index contributed by atoms with van der Waals surface area (Å²) in [6.45, 7) is 8.34. The molecule has 1 aliphatic rings. The smallest absolute Gasteiger partial charge is 0.150 e. The number of benzene rings is 2. The second-order valence-corrected chi connectivity index (χ2v) is 8.17. The summed E-state index contributed by atoms with van der Waals surface area (Å²) < 4.78 is 13.2. The number of nitrogens with one attached hydrogen (secondary N) is 2. The maximum atomic E-state index is 5.62. The Bertz CT molecular complexity index is 1180. The summed E-state index contributed by atoms with van der Waals surface area (Å²) in [5, 5.41) is 4.63. The Labute approximate surface area is 194 Å². The lowest BCUT2D eigenvalue weighted by molar-refractivity contribution is -0.906. The lowest BCUT2D eigenvalue weighted by atomic mass is 10.1. The fourth-order valence-corrected chi connectivity index (χ4v) is 4.37. The molecule has 2 N–H and O–H groups in total. The van der Waals surface area contributed by atoms with E-state index in [0.29, 0.717) is 6.61 Å². The van der Waals surface area contributed by atoms with Gasteiger partial charge in [0.2, 0.25) is 0 Å². The molecule has 0 radical (unpaired) electrons. The Morgan fingerprint density at radius 3 is 2.58 bits per heavy atom. The van der Waals surface area contributed by atoms with E-state index in [0.717, 1.165) is 78.8 Å². The Balaban J connectivity index is 1.51. The van der Waals surface area contributed by atoms with E-state index in [1.807, 2.05) is 25.1 Å².